The number of hydrogen-bond acceptors (Lipinski definition) is 7. The maximum absolute atomic E-state index is 15.6. The summed E-state index contributed by atoms with van der Waals surface area (Å²) >= 11 is 0. The lowest BCUT2D eigenvalue weighted by atomic mass is 9.79. The number of rotatable bonds is 15. The van der Waals surface area contributed by atoms with Crippen LogP contribution in [0.1, 0.15) is 67.8 Å². The number of carbonyl (C=O) groups excluding carboxylic acids is 2. The summed E-state index contributed by atoms with van der Waals surface area (Å²) in [5, 5.41) is 23.7. The van der Waals surface area contributed by atoms with Crippen molar-refractivity contribution in [3.05, 3.63) is 47.4 Å². The van der Waals surface area contributed by atoms with Gasteiger partial charge in [-0.3, -0.25) is 14.3 Å². The Morgan fingerprint density at radius 1 is 1.15 bits per heavy atom. The molecule has 0 radical (unpaired) electrons. The van der Waals surface area contributed by atoms with Crippen LogP contribution in [0.4, 0.5) is 10.2 Å². The summed E-state index contributed by atoms with van der Waals surface area (Å²) in [6.07, 6.45) is 6.09. The van der Waals surface area contributed by atoms with E-state index in [-0.39, 0.29) is 18.3 Å². The lowest BCUT2D eigenvalue weighted by Gasteiger charge is -2.32. The third-order valence-corrected chi connectivity index (χ3v) is 10.4. The first-order valence-corrected chi connectivity index (χ1v) is 20.2. The van der Waals surface area contributed by atoms with Crippen molar-refractivity contribution in [3.63, 3.8) is 0 Å². The highest BCUT2D eigenvalue weighted by molar-refractivity contribution is 6.76. The molecule has 1 fully saturated rings. The number of ether oxygens (including phenoxy) is 1. The van der Waals surface area contributed by atoms with E-state index in [0.29, 0.717) is 61.2 Å². The van der Waals surface area contributed by atoms with E-state index in [1.54, 1.807) is 22.9 Å². The molecular weight excluding hydrogens is 605 g/mol. The van der Waals surface area contributed by atoms with Crippen molar-refractivity contribution in [1.29, 1.82) is 0 Å². The molecule has 1 aliphatic carbocycles. The molecule has 0 saturated heterocycles. The molecule has 2 amide bonds. The van der Waals surface area contributed by atoms with Gasteiger partial charge in [0.05, 0.1) is 5.69 Å². The van der Waals surface area contributed by atoms with Gasteiger partial charge in [0, 0.05) is 50.9 Å². The fraction of sp³-hybridized carbons (Fsp3) is 0.606. The van der Waals surface area contributed by atoms with Gasteiger partial charge in [-0.25, -0.2) is 9.67 Å². The minimum absolute atomic E-state index is 0.0243. The van der Waals surface area contributed by atoms with Crippen molar-refractivity contribution in [2.75, 3.05) is 18.5 Å². The number of aliphatic hydroxyl groups excluding tert-OH is 1. The summed E-state index contributed by atoms with van der Waals surface area (Å²) in [6, 6.07) is 5.01. The molecule has 252 valence electrons. The Morgan fingerprint density at radius 3 is 2.54 bits per heavy atom. The second-order valence-electron chi connectivity index (χ2n) is 13.6. The van der Waals surface area contributed by atoms with Crippen LogP contribution in [0.15, 0.2) is 24.4 Å². The second kappa shape index (κ2) is 15.9. The number of anilines is 1. The molecule has 0 unspecified atom stereocenters. The predicted octanol–water partition coefficient (Wildman–Crippen LogP) is 5.41. The van der Waals surface area contributed by atoms with Crippen molar-refractivity contribution in [2.45, 2.75) is 104 Å². The summed E-state index contributed by atoms with van der Waals surface area (Å²) in [6.45, 7) is 14.3. The Labute approximate surface area is 272 Å². The van der Waals surface area contributed by atoms with Crippen LogP contribution in [0, 0.1) is 24.7 Å². The SMILES string of the molecule is CCc1c(-c2ccc(NC(=O)[C@@H](NC(=O)c3ccnn3CCCO)[C@H]3CC[C@H](C)CC3)nc2F)c(C)nn1COCC[Si](C)(C)C. The lowest BCUT2D eigenvalue weighted by molar-refractivity contribution is -0.119. The smallest absolute Gasteiger partial charge is 0.270 e. The van der Waals surface area contributed by atoms with E-state index in [1.807, 2.05) is 13.8 Å². The number of amides is 2. The molecule has 3 aromatic rings. The van der Waals surface area contributed by atoms with Crippen molar-refractivity contribution < 1.29 is 23.8 Å². The highest BCUT2D eigenvalue weighted by atomic mass is 28.3. The van der Waals surface area contributed by atoms with Crippen LogP contribution in [0.5, 0.6) is 0 Å². The van der Waals surface area contributed by atoms with Gasteiger partial charge in [-0.15, -0.1) is 0 Å². The third kappa shape index (κ3) is 9.10. The van der Waals surface area contributed by atoms with Crippen LogP contribution in [0.2, 0.25) is 25.7 Å². The summed E-state index contributed by atoms with van der Waals surface area (Å²) in [7, 11) is -1.22. The van der Waals surface area contributed by atoms with Gasteiger partial charge in [0.1, 0.15) is 24.3 Å². The Balaban J connectivity index is 1.51. The van der Waals surface area contributed by atoms with Crippen molar-refractivity contribution in [3.8, 4) is 11.1 Å². The maximum Gasteiger partial charge on any atom is 0.270 e. The Hall–Kier alpha value is -3.42. The van der Waals surface area contributed by atoms with Crippen LogP contribution in [-0.4, -0.2) is 68.8 Å². The monoisotopic (exact) mass is 655 g/mol. The summed E-state index contributed by atoms with van der Waals surface area (Å²) < 4.78 is 24.9. The number of carbonyl (C=O) groups is 2. The number of halogens is 1. The van der Waals surface area contributed by atoms with Crippen LogP contribution < -0.4 is 10.6 Å². The lowest BCUT2D eigenvalue weighted by Crippen LogP contribution is -2.49. The first kappa shape index (κ1) is 35.4. The van der Waals surface area contributed by atoms with Gasteiger partial charge in [-0.2, -0.15) is 14.6 Å². The molecule has 13 heteroatoms. The van der Waals surface area contributed by atoms with Crippen LogP contribution in [-0.2, 0) is 29.2 Å². The number of hydrogen-bond donors (Lipinski definition) is 3. The first-order valence-electron chi connectivity index (χ1n) is 16.5. The van der Waals surface area contributed by atoms with Gasteiger partial charge in [0.15, 0.2) is 0 Å². The zero-order chi connectivity index (χ0) is 33.4. The topological polar surface area (TPSA) is 136 Å². The molecular formula is C33H50FN7O4Si. The minimum Gasteiger partial charge on any atom is -0.396 e. The molecule has 0 aromatic carbocycles. The van der Waals surface area contributed by atoms with Gasteiger partial charge in [-0.1, -0.05) is 46.3 Å². The number of pyridine rings is 1. The molecule has 3 aromatic heterocycles. The molecule has 11 nitrogen and oxygen atoms in total. The van der Waals surface area contributed by atoms with Gasteiger partial charge in [0.25, 0.3) is 5.91 Å². The number of aryl methyl sites for hydroxylation is 2. The first-order chi connectivity index (χ1) is 21.9. The number of aliphatic hydroxyl groups is 1. The van der Waals surface area contributed by atoms with E-state index < -0.39 is 31.9 Å². The zero-order valence-corrected chi connectivity index (χ0v) is 29.1. The number of aromatic nitrogens is 5. The highest BCUT2D eigenvalue weighted by Crippen LogP contribution is 2.32. The predicted molar refractivity (Wildman–Crippen MR) is 179 cm³/mol. The molecule has 0 bridgehead atoms. The minimum atomic E-state index is -1.22. The van der Waals surface area contributed by atoms with E-state index in [0.717, 1.165) is 37.4 Å². The average molecular weight is 656 g/mol. The normalized spacial score (nSPS) is 17.6. The summed E-state index contributed by atoms with van der Waals surface area (Å²) in [4.78, 5) is 31.2. The standard InChI is InChI=1S/C33H50FN7O4Si/c1-7-26-29(23(3)39-41(26)21-45-19-20-46(4,5)6)25-13-14-28(36-31(25)34)37-33(44)30(24-11-9-22(2)10-12-24)38-32(43)27-15-16-35-40(27)17-8-18-42/h13-16,22,24,30,42H,7-12,17-21H2,1-6H3,(H,38,43)(H,36,37,44)/t22-,24-,30-/m0/s1. The Kier molecular flexibility index (Phi) is 12.3. The zero-order valence-electron chi connectivity index (χ0n) is 28.1. The second-order valence-corrected chi connectivity index (χ2v) is 19.2. The molecule has 3 heterocycles. The molecule has 1 atom stereocenters. The molecule has 4 rings (SSSR count). The molecule has 0 aliphatic heterocycles. The van der Waals surface area contributed by atoms with Gasteiger partial charge >= 0.3 is 0 Å². The molecule has 0 spiro atoms. The number of nitrogens with one attached hydrogen (secondary N) is 2. The molecule has 3 N–H and O–H groups in total. The number of nitrogens with zero attached hydrogens (tertiary/aromatic N) is 5. The molecule has 46 heavy (non-hydrogen) atoms. The van der Waals surface area contributed by atoms with E-state index >= 15 is 4.39 Å². The van der Waals surface area contributed by atoms with Crippen LogP contribution in [0.3, 0.4) is 0 Å². The summed E-state index contributed by atoms with van der Waals surface area (Å²) in [5.74, 6) is -1.03. The fourth-order valence-electron chi connectivity index (χ4n) is 6.03. The van der Waals surface area contributed by atoms with Crippen LogP contribution in [0.25, 0.3) is 11.1 Å². The van der Waals surface area contributed by atoms with Crippen molar-refractivity contribution in [2.24, 2.45) is 11.8 Å². The molecule has 1 saturated carbocycles. The highest BCUT2D eigenvalue weighted by Gasteiger charge is 2.34. The average Bonchev–Trinajstić information content (AvgIpc) is 3.60. The van der Waals surface area contributed by atoms with Crippen LogP contribution >= 0.6 is 0 Å². The van der Waals surface area contributed by atoms with E-state index in [4.69, 9.17) is 4.74 Å². The fourth-order valence-corrected chi connectivity index (χ4v) is 6.78. The maximum atomic E-state index is 15.6. The van der Waals surface area contributed by atoms with E-state index in [2.05, 4.69) is 52.4 Å². The summed E-state index contributed by atoms with van der Waals surface area (Å²) in [5.41, 5.74) is 2.83. The van der Waals surface area contributed by atoms with Gasteiger partial charge in [-0.05, 0) is 68.7 Å². The van der Waals surface area contributed by atoms with E-state index in [1.165, 1.54) is 10.9 Å². The third-order valence-electron chi connectivity index (χ3n) is 8.73. The van der Waals surface area contributed by atoms with Gasteiger partial charge < -0.3 is 20.5 Å². The largest absolute Gasteiger partial charge is 0.396 e. The Morgan fingerprint density at radius 2 is 1.89 bits per heavy atom. The van der Waals surface area contributed by atoms with Crippen molar-refractivity contribution >= 4 is 25.7 Å². The Bertz CT molecular complexity index is 1480. The van der Waals surface area contributed by atoms with Crippen molar-refractivity contribution in [1.82, 2.24) is 29.9 Å². The van der Waals surface area contributed by atoms with Gasteiger partial charge in [0.2, 0.25) is 11.9 Å². The van der Waals surface area contributed by atoms with E-state index in [9.17, 15) is 14.7 Å². The quantitative estimate of drug-likeness (QED) is 0.113. The molecule has 1 aliphatic rings.